The van der Waals surface area contributed by atoms with E-state index < -0.39 is 9.96 Å². The summed E-state index contributed by atoms with van der Waals surface area (Å²) in [5.41, 5.74) is 3.44. The lowest BCUT2D eigenvalue weighted by atomic mass is 10.1. The molecule has 1 amide bonds. The van der Waals surface area contributed by atoms with Crippen molar-refractivity contribution in [1.82, 2.24) is 10.6 Å². The molecule has 0 spiro atoms. The molecule has 0 radical (unpaired) electrons. The summed E-state index contributed by atoms with van der Waals surface area (Å²) in [6.07, 6.45) is -1.03. The van der Waals surface area contributed by atoms with Crippen LogP contribution in [0.5, 0.6) is 0 Å². The van der Waals surface area contributed by atoms with Gasteiger partial charge < -0.3 is 16.0 Å². The van der Waals surface area contributed by atoms with Gasteiger partial charge in [-0.15, -0.1) is 0 Å². The Kier molecular flexibility index (Phi) is 8.00. The van der Waals surface area contributed by atoms with Crippen molar-refractivity contribution in [2.45, 2.75) is 23.8 Å². The molecular weight excluding hydrogens is 540 g/mol. The minimum Gasteiger partial charge on any atom is -0.339 e. The SMILES string of the molecule is Cc1ccc(NC(=S)N[C@@H](NC(=O)c2cccc(I)c2)C(Cl)(Cl)Cl)c(C)c1. The monoisotopic (exact) mass is 555 g/mol. The van der Waals surface area contributed by atoms with Crippen LogP contribution in [0.4, 0.5) is 5.69 Å². The molecule has 2 rings (SSSR count). The number of carbonyl (C=O) groups excluding carboxylic acids is 1. The lowest BCUT2D eigenvalue weighted by Crippen LogP contribution is -2.56. The number of hydrogen-bond acceptors (Lipinski definition) is 2. The number of hydrogen-bond donors (Lipinski definition) is 3. The Hall–Kier alpha value is -0.800. The highest BCUT2D eigenvalue weighted by molar-refractivity contribution is 14.1. The number of anilines is 1. The number of alkyl halides is 3. The van der Waals surface area contributed by atoms with Gasteiger partial charge in [0, 0.05) is 14.8 Å². The topological polar surface area (TPSA) is 53.2 Å². The molecule has 2 aromatic carbocycles. The van der Waals surface area contributed by atoms with Crippen molar-refractivity contribution in [1.29, 1.82) is 0 Å². The molecular formula is C18H17Cl3IN3OS. The first-order chi connectivity index (χ1) is 12.6. The van der Waals surface area contributed by atoms with Crippen LogP contribution < -0.4 is 16.0 Å². The highest BCUT2D eigenvalue weighted by atomic mass is 127. The van der Waals surface area contributed by atoms with Crippen molar-refractivity contribution in [2.24, 2.45) is 0 Å². The van der Waals surface area contributed by atoms with Gasteiger partial charge in [-0.2, -0.15) is 0 Å². The van der Waals surface area contributed by atoms with E-state index >= 15 is 0 Å². The molecule has 2 aromatic rings. The maximum atomic E-state index is 12.5. The second-order valence-corrected chi connectivity index (χ2v) is 9.90. The molecule has 3 N–H and O–H groups in total. The maximum Gasteiger partial charge on any atom is 0.253 e. The molecule has 0 saturated carbocycles. The second kappa shape index (κ2) is 9.60. The quantitative estimate of drug-likeness (QED) is 0.207. The zero-order valence-electron chi connectivity index (χ0n) is 14.4. The van der Waals surface area contributed by atoms with E-state index in [-0.39, 0.29) is 11.0 Å². The van der Waals surface area contributed by atoms with Crippen LogP contribution in [0, 0.1) is 17.4 Å². The number of carbonyl (C=O) groups is 1. The molecule has 9 heteroatoms. The minimum absolute atomic E-state index is 0.223. The highest BCUT2D eigenvalue weighted by Gasteiger charge is 2.35. The maximum absolute atomic E-state index is 12.5. The standard InChI is InChI=1S/C18H17Cl3IN3OS/c1-10-6-7-14(11(2)8-10)23-17(27)25-16(18(19,20)21)24-15(26)12-4-3-5-13(22)9-12/h3-9,16H,1-2H3,(H,24,26)(H2,23,25,27)/t16-/m1/s1. The zero-order valence-corrected chi connectivity index (χ0v) is 19.7. The van der Waals surface area contributed by atoms with Gasteiger partial charge in [0.1, 0.15) is 6.17 Å². The predicted octanol–water partition coefficient (Wildman–Crippen LogP) is 5.32. The van der Waals surface area contributed by atoms with Crippen LogP contribution in [0.25, 0.3) is 0 Å². The van der Waals surface area contributed by atoms with Crippen LogP contribution in [-0.4, -0.2) is 21.0 Å². The molecule has 0 heterocycles. The molecule has 0 aliphatic rings. The van der Waals surface area contributed by atoms with Gasteiger partial charge in [-0.3, -0.25) is 4.79 Å². The zero-order chi connectivity index (χ0) is 20.2. The summed E-state index contributed by atoms with van der Waals surface area (Å²) in [6.45, 7) is 3.97. The molecule has 27 heavy (non-hydrogen) atoms. The molecule has 0 aliphatic heterocycles. The lowest BCUT2D eigenvalue weighted by molar-refractivity contribution is 0.0934. The van der Waals surface area contributed by atoms with E-state index in [1.807, 2.05) is 38.1 Å². The molecule has 0 bridgehead atoms. The number of rotatable bonds is 4. The summed E-state index contributed by atoms with van der Waals surface area (Å²) in [7, 11) is 0. The first kappa shape index (κ1) is 22.5. The van der Waals surface area contributed by atoms with E-state index in [9.17, 15) is 4.79 Å². The minimum atomic E-state index is -1.81. The van der Waals surface area contributed by atoms with Gasteiger partial charge in [0.15, 0.2) is 5.11 Å². The fourth-order valence-corrected chi connectivity index (χ4v) is 3.39. The predicted molar refractivity (Wildman–Crippen MR) is 126 cm³/mol. The van der Waals surface area contributed by atoms with Crippen LogP contribution in [0.1, 0.15) is 21.5 Å². The van der Waals surface area contributed by atoms with Crippen LogP contribution >= 0.6 is 69.6 Å². The average molecular weight is 557 g/mol. The van der Waals surface area contributed by atoms with Crippen LogP contribution in [-0.2, 0) is 0 Å². The van der Waals surface area contributed by atoms with Crippen LogP contribution in [0.2, 0.25) is 0 Å². The number of thiocarbonyl (C=S) groups is 1. The number of nitrogens with one attached hydrogen (secondary N) is 3. The van der Waals surface area contributed by atoms with E-state index in [0.717, 1.165) is 20.4 Å². The fourth-order valence-electron chi connectivity index (χ4n) is 2.29. The molecule has 0 unspecified atom stereocenters. The lowest BCUT2D eigenvalue weighted by Gasteiger charge is -2.28. The van der Waals surface area contributed by atoms with Gasteiger partial charge in [0.2, 0.25) is 3.79 Å². The van der Waals surface area contributed by atoms with Crippen molar-refractivity contribution in [2.75, 3.05) is 5.32 Å². The Bertz CT molecular complexity index is 858. The van der Waals surface area contributed by atoms with Crippen molar-refractivity contribution in [3.63, 3.8) is 0 Å². The third-order valence-corrected chi connectivity index (χ3v) is 5.14. The van der Waals surface area contributed by atoms with Crippen molar-refractivity contribution in [3.05, 3.63) is 62.7 Å². The van der Waals surface area contributed by atoms with Gasteiger partial charge in [-0.05, 0) is 78.5 Å². The Morgan fingerprint density at radius 1 is 1.11 bits per heavy atom. The van der Waals surface area contributed by atoms with Gasteiger partial charge in [-0.1, -0.05) is 58.6 Å². The number of aryl methyl sites for hydroxylation is 2. The Balaban J connectivity index is 2.10. The van der Waals surface area contributed by atoms with Gasteiger partial charge >= 0.3 is 0 Å². The number of halogens is 4. The van der Waals surface area contributed by atoms with E-state index in [0.29, 0.717) is 5.56 Å². The molecule has 0 aromatic heterocycles. The van der Waals surface area contributed by atoms with Crippen LogP contribution in [0.3, 0.4) is 0 Å². The normalized spacial score (nSPS) is 12.2. The smallest absolute Gasteiger partial charge is 0.253 e. The van der Waals surface area contributed by atoms with Crippen LogP contribution in [0.15, 0.2) is 42.5 Å². The molecule has 1 atom stereocenters. The van der Waals surface area contributed by atoms with E-state index in [1.165, 1.54) is 0 Å². The summed E-state index contributed by atoms with van der Waals surface area (Å²) in [5.74, 6) is -0.383. The molecule has 0 saturated heterocycles. The highest BCUT2D eigenvalue weighted by Crippen LogP contribution is 2.29. The van der Waals surface area contributed by atoms with Gasteiger partial charge in [0.25, 0.3) is 5.91 Å². The van der Waals surface area contributed by atoms with Crippen molar-refractivity contribution in [3.8, 4) is 0 Å². The molecule has 0 aliphatic carbocycles. The second-order valence-electron chi connectivity index (χ2n) is 5.88. The van der Waals surface area contributed by atoms with E-state index in [1.54, 1.807) is 18.2 Å². The summed E-state index contributed by atoms with van der Waals surface area (Å²) in [5, 5.41) is 8.79. The number of amides is 1. The summed E-state index contributed by atoms with van der Waals surface area (Å²) in [6, 6.07) is 13.0. The number of benzene rings is 2. The van der Waals surface area contributed by atoms with E-state index in [4.69, 9.17) is 47.0 Å². The molecule has 0 fully saturated rings. The summed E-state index contributed by atoms with van der Waals surface area (Å²) < 4.78 is -0.892. The molecule has 4 nitrogen and oxygen atoms in total. The first-order valence-electron chi connectivity index (χ1n) is 7.84. The third-order valence-electron chi connectivity index (χ3n) is 3.60. The van der Waals surface area contributed by atoms with E-state index in [2.05, 4.69) is 38.5 Å². The summed E-state index contributed by atoms with van der Waals surface area (Å²) >= 11 is 25.5. The Morgan fingerprint density at radius 2 is 1.81 bits per heavy atom. The Morgan fingerprint density at radius 3 is 2.41 bits per heavy atom. The average Bonchev–Trinajstić information content (AvgIpc) is 2.56. The largest absolute Gasteiger partial charge is 0.339 e. The van der Waals surface area contributed by atoms with Crippen molar-refractivity contribution >= 4 is 86.3 Å². The third kappa shape index (κ3) is 6.94. The first-order valence-corrected chi connectivity index (χ1v) is 10.5. The van der Waals surface area contributed by atoms with Gasteiger partial charge in [-0.25, -0.2) is 0 Å². The van der Waals surface area contributed by atoms with Gasteiger partial charge in [0.05, 0.1) is 0 Å². The molecule has 144 valence electrons. The Labute approximate surface area is 192 Å². The van der Waals surface area contributed by atoms with Crippen molar-refractivity contribution < 1.29 is 4.79 Å². The fraction of sp³-hybridized carbons (Fsp3) is 0.222. The summed E-state index contributed by atoms with van der Waals surface area (Å²) in [4.78, 5) is 12.5.